The van der Waals surface area contributed by atoms with Crippen LogP contribution in [-0.2, 0) is 11.3 Å². The van der Waals surface area contributed by atoms with Crippen molar-refractivity contribution in [2.24, 2.45) is 10.9 Å². The zero-order chi connectivity index (χ0) is 14.8. The number of nitrogens with one attached hydrogen (secondary N) is 1. The number of rotatable bonds is 9. The number of hydrogen-bond donors (Lipinski definition) is 3. The Morgan fingerprint density at radius 3 is 3.00 bits per heavy atom. The lowest BCUT2D eigenvalue weighted by atomic mass is 10.1. The predicted octanol–water partition coefficient (Wildman–Crippen LogP) is 1.60. The van der Waals surface area contributed by atoms with Gasteiger partial charge in [-0.3, -0.25) is 0 Å². The van der Waals surface area contributed by atoms with Gasteiger partial charge in [0.25, 0.3) is 0 Å². The molecule has 0 bridgehead atoms. The molecular formula is C14H20FN3O2. The van der Waals surface area contributed by atoms with E-state index in [2.05, 4.69) is 17.1 Å². The van der Waals surface area contributed by atoms with Crippen LogP contribution >= 0.6 is 0 Å². The summed E-state index contributed by atoms with van der Waals surface area (Å²) in [4.78, 5) is 0. The standard InChI is InChI=1S/C14H20FN3O2/c1-2-3-8-20-9-7-17-10-11-5-4-6-12(13(11)15)14(16)18-19/h2,4-6,17,19H,1,3,7-10H2,(H2,16,18). The molecule has 1 rings (SSSR count). The predicted molar refractivity (Wildman–Crippen MR) is 76.3 cm³/mol. The first-order chi connectivity index (χ1) is 9.70. The normalized spacial score (nSPS) is 11.6. The Kier molecular flexibility index (Phi) is 7.31. The van der Waals surface area contributed by atoms with Crippen molar-refractivity contribution in [3.05, 3.63) is 47.8 Å². The van der Waals surface area contributed by atoms with E-state index in [0.717, 1.165) is 6.42 Å². The van der Waals surface area contributed by atoms with E-state index in [4.69, 9.17) is 15.7 Å². The van der Waals surface area contributed by atoms with Crippen molar-refractivity contribution < 1.29 is 14.3 Å². The Morgan fingerprint density at radius 2 is 2.30 bits per heavy atom. The van der Waals surface area contributed by atoms with E-state index in [1.807, 2.05) is 0 Å². The van der Waals surface area contributed by atoms with Crippen molar-refractivity contribution >= 4 is 5.84 Å². The number of amidine groups is 1. The second kappa shape index (κ2) is 9.06. The summed E-state index contributed by atoms with van der Waals surface area (Å²) in [5.74, 6) is -0.722. The Labute approximate surface area is 117 Å². The fourth-order valence-electron chi connectivity index (χ4n) is 1.60. The van der Waals surface area contributed by atoms with Gasteiger partial charge in [0, 0.05) is 18.7 Å². The van der Waals surface area contributed by atoms with Gasteiger partial charge >= 0.3 is 0 Å². The molecule has 1 aromatic carbocycles. The molecule has 0 radical (unpaired) electrons. The van der Waals surface area contributed by atoms with Crippen LogP contribution in [0.1, 0.15) is 17.5 Å². The van der Waals surface area contributed by atoms with Crippen LogP contribution in [0.2, 0.25) is 0 Å². The second-order valence-electron chi connectivity index (χ2n) is 4.13. The summed E-state index contributed by atoms with van der Waals surface area (Å²) in [7, 11) is 0. The van der Waals surface area contributed by atoms with E-state index in [9.17, 15) is 4.39 Å². The molecule has 20 heavy (non-hydrogen) atoms. The number of halogens is 1. The number of nitrogens with zero attached hydrogens (tertiary/aromatic N) is 1. The molecule has 0 atom stereocenters. The van der Waals surface area contributed by atoms with Crippen LogP contribution in [0.15, 0.2) is 36.0 Å². The number of oxime groups is 1. The van der Waals surface area contributed by atoms with Crippen LogP contribution in [0.25, 0.3) is 0 Å². The molecular weight excluding hydrogens is 261 g/mol. The van der Waals surface area contributed by atoms with E-state index in [0.29, 0.717) is 31.9 Å². The first-order valence-corrected chi connectivity index (χ1v) is 6.35. The maximum absolute atomic E-state index is 14.0. The van der Waals surface area contributed by atoms with E-state index in [1.165, 1.54) is 6.07 Å². The summed E-state index contributed by atoms with van der Waals surface area (Å²) >= 11 is 0. The molecule has 1 aromatic rings. The first kappa shape index (κ1) is 16.1. The molecule has 0 heterocycles. The molecule has 0 amide bonds. The van der Waals surface area contributed by atoms with Gasteiger partial charge in [-0.15, -0.1) is 6.58 Å². The van der Waals surface area contributed by atoms with Gasteiger partial charge in [-0.2, -0.15) is 0 Å². The maximum atomic E-state index is 14.0. The highest BCUT2D eigenvalue weighted by Gasteiger charge is 2.10. The molecule has 0 aliphatic rings. The summed E-state index contributed by atoms with van der Waals surface area (Å²) in [5.41, 5.74) is 5.95. The zero-order valence-electron chi connectivity index (χ0n) is 11.3. The summed E-state index contributed by atoms with van der Waals surface area (Å²) < 4.78 is 19.4. The first-order valence-electron chi connectivity index (χ1n) is 6.35. The molecule has 0 saturated carbocycles. The van der Waals surface area contributed by atoms with E-state index in [-0.39, 0.29) is 11.4 Å². The van der Waals surface area contributed by atoms with Crippen LogP contribution in [0, 0.1) is 5.82 Å². The SMILES string of the molecule is C=CCCOCCNCc1cccc(/C(N)=N\O)c1F. The van der Waals surface area contributed by atoms with Crippen molar-refractivity contribution in [3.63, 3.8) is 0 Å². The molecule has 4 N–H and O–H groups in total. The number of nitrogens with two attached hydrogens (primary N) is 1. The van der Waals surface area contributed by atoms with Crippen molar-refractivity contribution in [1.29, 1.82) is 0 Å². The largest absolute Gasteiger partial charge is 0.409 e. The monoisotopic (exact) mass is 281 g/mol. The molecule has 0 aliphatic heterocycles. The van der Waals surface area contributed by atoms with Gasteiger partial charge < -0.3 is 21.0 Å². The molecule has 0 unspecified atom stereocenters. The van der Waals surface area contributed by atoms with Crippen LogP contribution in [0.4, 0.5) is 4.39 Å². The van der Waals surface area contributed by atoms with Gasteiger partial charge in [0.15, 0.2) is 5.84 Å². The average molecular weight is 281 g/mol. The minimum atomic E-state index is -0.483. The third kappa shape index (κ3) is 4.99. The molecule has 5 nitrogen and oxygen atoms in total. The second-order valence-corrected chi connectivity index (χ2v) is 4.13. The fraction of sp³-hybridized carbons (Fsp3) is 0.357. The Balaban J connectivity index is 2.43. The fourth-order valence-corrected chi connectivity index (χ4v) is 1.60. The minimum Gasteiger partial charge on any atom is -0.409 e. The lowest BCUT2D eigenvalue weighted by Gasteiger charge is -2.09. The third-order valence-corrected chi connectivity index (χ3v) is 2.67. The summed E-state index contributed by atoms with van der Waals surface area (Å²) in [6.45, 7) is 5.75. The van der Waals surface area contributed by atoms with Gasteiger partial charge in [-0.25, -0.2) is 4.39 Å². The number of hydrogen-bond acceptors (Lipinski definition) is 4. The van der Waals surface area contributed by atoms with E-state index < -0.39 is 5.82 Å². The highest BCUT2D eigenvalue weighted by atomic mass is 19.1. The molecule has 110 valence electrons. The van der Waals surface area contributed by atoms with Crippen LogP contribution < -0.4 is 11.1 Å². The molecule has 6 heteroatoms. The molecule has 0 spiro atoms. The van der Waals surface area contributed by atoms with E-state index >= 15 is 0 Å². The van der Waals surface area contributed by atoms with Crippen molar-refractivity contribution in [2.45, 2.75) is 13.0 Å². The lowest BCUT2D eigenvalue weighted by molar-refractivity contribution is 0.140. The van der Waals surface area contributed by atoms with Crippen LogP contribution in [0.3, 0.4) is 0 Å². The zero-order valence-corrected chi connectivity index (χ0v) is 11.3. The van der Waals surface area contributed by atoms with Crippen molar-refractivity contribution in [2.75, 3.05) is 19.8 Å². The Hall–Kier alpha value is -1.92. The van der Waals surface area contributed by atoms with Crippen molar-refractivity contribution in [3.8, 4) is 0 Å². The lowest BCUT2D eigenvalue weighted by Crippen LogP contribution is -2.21. The highest BCUT2D eigenvalue weighted by molar-refractivity contribution is 5.97. The van der Waals surface area contributed by atoms with Crippen LogP contribution in [-0.4, -0.2) is 30.8 Å². The van der Waals surface area contributed by atoms with Crippen molar-refractivity contribution in [1.82, 2.24) is 5.32 Å². The smallest absolute Gasteiger partial charge is 0.173 e. The van der Waals surface area contributed by atoms with Gasteiger partial charge in [0.2, 0.25) is 0 Å². The minimum absolute atomic E-state index is 0.0917. The summed E-state index contributed by atoms with van der Waals surface area (Å²) in [6, 6.07) is 4.77. The van der Waals surface area contributed by atoms with Gasteiger partial charge in [0.1, 0.15) is 5.82 Å². The Bertz CT molecular complexity index is 464. The van der Waals surface area contributed by atoms with Gasteiger partial charge in [0.05, 0.1) is 18.8 Å². The summed E-state index contributed by atoms with van der Waals surface area (Å²) in [5, 5.41) is 14.5. The topological polar surface area (TPSA) is 79.9 Å². The molecule has 0 aliphatic carbocycles. The van der Waals surface area contributed by atoms with Gasteiger partial charge in [-0.1, -0.05) is 23.4 Å². The highest BCUT2D eigenvalue weighted by Crippen LogP contribution is 2.12. The quantitative estimate of drug-likeness (QED) is 0.160. The Morgan fingerprint density at radius 1 is 1.50 bits per heavy atom. The average Bonchev–Trinajstić information content (AvgIpc) is 2.47. The molecule has 0 saturated heterocycles. The summed E-state index contributed by atoms with van der Waals surface area (Å²) in [6.07, 6.45) is 2.61. The number of benzene rings is 1. The van der Waals surface area contributed by atoms with E-state index in [1.54, 1.807) is 18.2 Å². The molecule has 0 fully saturated rings. The maximum Gasteiger partial charge on any atom is 0.173 e. The van der Waals surface area contributed by atoms with Crippen LogP contribution in [0.5, 0.6) is 0 Å². The number of ether oxygens (including phenoxy) is 1. The third-order valence-electron chi connectivity index (χ3n) is 2.67. The molecule has 0 aromatic heterocycles. The van der Waals surface area contributed by atoms with Gasteiger partial charge in [-0.05, 0) is 12.5 Å².